The third-order valence-corrected chi connectivity index (χ3v) is 3.81. The maximum absolute atomic E-state index is 12.4. The zero-order valence-corrected chi connectivity index (χ0v) is 15.1. The molecule has 0 aliphatic carbocycles. The van der Waals surface area contributed by atoms with Crippen molar-refractivity contribution in [2.45, 2.75) is 27.7 Å². The number of benzene rings is 2. The predicted molar refractivity (Wildman–Crippen MR) is 100 cm³/mol. The van der Waals surface area contributed by atoms with Crippen molar-refractivity contribution in [1.29, 1.82) is 0 Å². The largest absolute Gasteiger partial charge is 0.494 e. The normalized spacial score (nSPS) is 10.2. The predicted octanol–water partition coefficient (Wildman–Crippen LogP) is 3.69. The minimum absolute atomic E-state index is 0.0449. The highest BCUT2D eigenvalue weighted by Gasteiger charge is 2.16. The fourth-order valence-corrected chi connectivity index (χ4v) is 2.48. The summed E-state index contributed by atoms with van der Waals surface area (Å²) in [6.07, 6.45) is 0. The second-order valence-corrected chi connectivity index (χ2v) is 5.90. The van der Waals surface area contributed by atoms with Gasteiger partial charge in [0.15, 0.2) is 0 Å². The standard InChI is InChI=1S/C20H24N2O3/c1-5-25-18-10-8-17(9-11-18)22(16(4)23)13-20(24)21-19-12-14(2)6-7-15(19)3/h6-12H,5,13H2,1-4H3,(H,21,24). The molecule has 0 saturated heterocycles. The number of carbonyl (C=O) groups excluding carboxylic acids is 2. The summed E-state index contributed by atoms with van der Waals surface area (Å²) in [6.45, 7) is 7.79. The average molecular weight is 340 g/mol. The van der Waals surface area contributed by atoms with Gasteiger partial charge in [-0.05, 0) is 62.2 Å². The van der Waals surface area contributed by atoms with Crippen LogP contribution in [-0.4, -0.2) is 25.0 Å². The van der Waals surface area contributed by atoms with Crippen molar-refractivity contribution in [3.8, 4) is 5.75 Å². The summed E-state index contributed by atoms with van der Waals surface area (Å²) in [5, 5.41) is 2.88. The zero-order chi connectivity index (χ0) is 18.4. The summed E-state index contributed by atoms with van der Waals surface area (Å²) in [4.78, 5) is 25.8. The van der Waals surface area contributed by atoms with Crippen LogP contribution < -0.4 is 15.0 Å². The number of hydrogen-bond donors (Lipinski definition) is 1. The van der Waals surface area contributed by atoms with Crippen molar-refractivity contribution in [3.05, 3.63) is 53.6 Å². The minimum Gasteiger partial charge on any atom is -0.494 e. The van der Waals surface area contributed by atoms with E-state index in [1.54, 1.807) is 24.3 Å². The Kier molecular flexibility index (Phi) is 6.17. The highest BCUT2D eigenvalue weighted by molar-refractivity contribution is 6.02. The molecule has 2 rings (SSSR count). The molecule has 0 bridgehead atoms. The van der Waals surface area contributed by atoms with E-state index in [9.17, 15) is 9.59 Å². The summed E-state index contributed by atoms with van der Waals surface area (Å²) in [7, 11) is 0. The molecule has 0 atom stereocenters. The van der Waals surface area contributed by atoms with Gasteiger partial charge in [0.25, 0.3) is 0 Å². The lowest BCUT2D eigenvalue weighted by Crippen LogP contribution is -2.36. The highest BCUT2D eigenvalue weighted by atomic mass is 16.5. The molecule has 1 N–H and O–H groups in total. The van der Waals surface area contributed by atoms with Gasteiger partial charge in [0, 0.05) is 18.3 Å². The fraction of sp³-hybridized carbons (Fsp3) is 0.300. The first-order valence-electron chi connectivity index (χ1n) is 8.28. The van der Waals surface area contributed by atoms with Gasteiger partial charge < -0.3 is 15.0 Å². The molecular weight excluding hydrogens is 316 g/mol. The Bertz CT molecular complexity index is 754. The Labute approximate surface area is 148 Å². The first-order chi connectivity index (χ1) is 11.9. The van der Waals surface area contributed by atoms with Crippen molar-refractivity contribution >= 4 is 23.2 Å². The number of carbonyl (C=O) groups is 2. The molecule has 5 heteroatoms. The summed E-state index contributed by atoms with van der Waals surface area (Å²) in [6, 6.07) is 13.0. The minimum atomic E-state index is -0.238. The van der Waals surface area contributed by atoms with E-state index in [4.69, 9.17) is 4.74 Å². The van der Waals surface area contributed by atoms with Gasteiger partial charge in [0.1, 0.15) is 12.3 Å². The van der Waals surface area contributed by atoms with Crippen molar-refractivity contribution in [3.63, 3.8) is 0 Å². The Morgan fingerprint density at radius 2 is 1.76 bits per heavy atom. The first kappa shape index (κ1) is 18.5. The van der Waals surface area contributed by atoms with Gasteiger partial charge in [-0.3, -0.25) is 9.59 Å². The van der Waals surface area contributed by atoms with Crippen LogP contribution in [0.25, 0.3) is 0 Å². The van der Waals surface area contributed by atoms with Crippen LogP contribution in [0.2, 0.25) is 0 Å². The second kappa shape index (κ2) is 8.33. The van der Waals surface area contributed by atoms with Crippen molar-refractivity contribution < 1.29 is 14.3 Å². The van der Waals surface area contributed by atoms with E-state index in [0.29, 0.717) is 12.3 Å². The van der Waals surface area contributed by atoms with Crippen LogP contribution in [0.4, 0.5) is 11.4 Å². The second-order valence-electron chi connectivity index (χ2n) is 5.90. The van der Waals surface area contributed by atoms with Gasteiger partial charge in [0.2, 0.25) is 11.8 Å². The Hall–Kier alpha value is -2.82. The van der Waals surface area contributed by atoms with Crippen LogP contribution in [0.15, 0.2) is 42.5 Å². The van der Waals surface area contributed by atoms with Gasteiger partial charge in [-0.15, -0.1) is 0 Å². The number of nitrogens with zero attached hydrogens (tertiary/aromatic N) is 1. The van der Waals surface area contributed by atoms with E-state index in [1.165, 1.54) is 11.8 Å². The van der Waals surface area contributed by atoms with Crippen molar-refractivity contribution in [2.75, 3.05) is 23.4 Å². The molecule has 0 saturated carbocycles. The van der Waals surface area contributed by atoms with E-state index in [-0.39, 0.29) is 18.4 Å². The molecule has 0 unspecified atom stereocenters. The number of nitrogens with one attached hydrogen (secondary N) is 1. The van der Waals surface area contributed by atoms with Crippen molar-refractivity contribution in [2.24, 2.45) is 0 Å². The number of amides is 2. The third-order valence-electron chi connectivity index (χ3n) is 3.81. The number of aryl methyl sites for hydroxylation is 2. The average Bonchev–Trinajstić information content (AvgIpc) is 2.57. The number of anilines is 2. The van der Waals surface area contributed by atoms with Gasteiger partial charge in [0.05, 0.1) is 6.61 Å². The molecule has 25 heavy (non-hydrogen) atoms. The lowest BCUT2D eigenvalue weighted by atomic mass is 10.1. The number of hydrogen-bond acceptors (Lipinski definition) is 3. The maximum atomic E-state index is 12.4. The molecule has 5 nitrogen and oxygen atoms in total. The molecule has 2 aromatic rings. The number of rotatable bonds is 6. The summed E-state index contributed by atoms with van der Waals surface area (Å²) < 4.78 is 5.40. The summed E-state index contributed by atoms with van der Waals surface area (Å²) in [5.74, 6) is 0.299. The molecule has 0 aromatic heterocycles. The van der Waals surface area contributed by atoms with Crippen LogP contribution in [-0.2, 0) is 9.59 Å². The monoisotopic (exact) mass is 340 g/mol. The molecular formula is C20H24N2O3. The van der Waals surface area contributed by atoms with E-state index in [2.05, 4.69) is 5.32 Å². The first-order valence-corrected chi connectivity index (χ1v) is 8.28. The molecule has 0 aliphatic heterocycles. The van der Waals surface area contributed by atoms with E-state index < -0.39 is 0 Å². The topological polar surface area (TPSA) is 58.6 Å². The Morgan fingerprint density at radius 3 is 2.36 bits per heavy atom. The van der Waals surface area contributed by atoms with Crippen LogP contribution in [0.3, 0.4) is 0 Å². The van der Waals surface area contributed by atoms with Gasteiger partial charge in [-0.25, -0.2) is 0 Å². The van der Waals surface area contributed by atoms with Crippen LogP contribution in [0.1, 0.15) is 25.0 Å². The van der Waals surface area contributed by atoms with Gasteiger partial charge >= 0.3 is 0 Å². The molecule has 2 amide bonds. The summed E-state index contributed by atoms with van der Waals surface area (Å²) >= 11 is 0. The molecule has 0 spiro atoms. The van der Waals surface area contributed by atoms with Gasteiger partial charge in [-0.1, -0.05) is 12.1 Å². The zero-order valence-electron chi connectivity index (χ0n) is 15.1. The van der Waals surface area contributed by atoms with Crippen LogP contribution in [0.5, 0.6) is 5.75 Å². The smallest absolute Gasteiger partial charge is 0.244 e. The lowest BCUT2D eigenvalue weighted by molar-refractivity contribution is -0.120. The molecule has 0 fully saturated rings. The molecule has 0 radical (unpaired) electrons. The van der Waals surface area contributed by atoms with Gasteiger partial charge in [-0.2, -0.15) is 0 Å². The molecule has 132 valence electrons. The number of ether oxygens (including phenoxy) is 1. The molecule has 0 aliphatic rings. The lowest BCUT2D eigenvalue weighted by Gasteiger charge is -2.21. The van der Waals surface area contributed by atoms with Crippen molar-refractivity contribution in [1.82, 2.24) is 0 Å². The van der Waals surface area contributed by atoms with E-state index >= 15 is 0 Å². The Morgan fingerprint density at radius 1 is 1.08 bits per heavy atom. The quantitative estimate of drug-likeness (QED) is 0.872. The third kappa shape index (κ3) is 5.08. The molecule has 0 heterocycles. The fourth-order valence-electron chi connectivity index (χ4n) is 2.48. The van der Waals surface area contributed by atoms with E-state index in [1.807, 2.05) is 39.0 Å². The Balaban J connectivity index is 2.11. The molecule has 2 aromatic carbocycles. The maximum Gasteiger partial charge on any atom is 0.244 e. The SMILES string of the molecule is CCOc1ccc(N(CC(=O)Nc2cc(C)ccc2C)C(C)=O)cc1. The van der Waals surface area contributed by atoms with Crippen LogP contribution >= 0.6 is 0 Å². The van der Waals surface area contributed by atoms with E-state index in [0.717, 1.165) is 22.6 Å². The highest BCUT2D eigenvalue weighted by Crippen LogP contribution is 2.20. The van der Waals surface area contributed by atoms with Crippen LogP contribution in [0, 0.1) is 13.8 Å². The summed E-state index contributed by atoms with van der Waals surface area (Å²) in [5.41, 5.74) is 3.47.